The van der Waals surface area contributed by atoms with E-state index < -0.39 is 0 Å². The third-order valence-electron chi connectivity index (χ3n) is 8.57. The van der Waals surface area contributed by atoms with Crippen molar-refractivity contribution in [2.24, 2.45) is 0 Å². The third kappa shape index (κ3) is 5.88. The molecule has 6 heterocycles. The number of aromatic nitrogens is 8. The lowest BCUT2D eigenvalue weighted by Gasteiger charge is -2.34. The largest absolute Gasteiger partial charge is 0.382 e. The molecule has 6 rings (SSSR count). The van der Waals surface area contributed by atoms with Gasteiger partial charge in [-0.1, -0.05) is 19.4 Å². The molecular weight excluding hydrogens is 532 g/mol. The normalized spacial score (nSPS) is 16.9. The molecule has 1 saturated heterocycles. The number of piperidine rings is 1. The number of anilines is 2. The Bertz CT molecular complexity index is 1560. The summed E-state index contributed by atoms with van der Waals surface area (Å²) in [6, 6.07) is 4.62. The maximum Gasteiger partial charge on any atom is 0.328 e. The maximum absolute atomic E-state index is 12.7. The number of imidazole rings is 1. The number of H-pyrrole nitrogens is 1. The topological polar surface area (TPSA) is 152 Å². The highest BCUT2D eigenvalue weighted by Gasteiger charge is 2.29. The zero-order chi connectivity index (χ0) is 29.2. The Morgan fingerprint density at radius 2 is 1.93 bits per heavy atom. The van der Waals surface area contributed by atoms with Crippen LogP contribution in [-0.4, -0.2) is 81.3 Å². The monoisotopic (exact) mass is 574 g/mol. The average molecular weight is 575 g/mol. The number of nitrogens with one attached hydrogen (secondary N) is 2. The summed E-state index contributed by atoms with van der Waals surface area (Å²) < 4.78 is 3.93. The molecule has 1 fully saturated rings. The summed E-state index contributed by atoms with van der Waals surface area (Å²) in [5.74, 6) is 3.41. The lowest BCUT2D eigenvalue weighted by atomic mass is 9.95. The Morgan fingerprint density at radius 1 is 1.10 bits per heavy atom. The summed E-state index contributed by atoms with van der Waals surface area (Å²) in [4.78, 5) is 34.0. The van der Waals surface area contributed by atoms with E-state index >= 15 is 0 Å². The second-order valence-corrected chi connectivity index (χ2v) is 11.8. The van der Waals surface area contributed by atoms with Gasteiger partial charge in [0.1, 0.15) is 17.2 Å². The quantitative estimate of drug-likeness (QED) is 0.241. The number of aromatic amines is 1. The lowest BCUT2D eigenvalue weighted by molar-refractivity contribution is 0.167. The van der Waals surface area contributed by atoms with Crippen molar-refractivity contribution < 1.29 is 0 Å². The fourth-order valence-electron chi connectivity index (χ4n) is 6.01. The molecule has 0 aliphatic carbocycles. The first kappa shape index (κ1) is 28.3. The van der Waals surface area contributed by atoms with Gasteiger partial charge in [-0.15, -0.1) is 10.2 Å². The van der Waals surface area contributed by atoms with Crippen molar-refractivity contribution in [3.05, 3.63) is 51.7 Å². The molecular formula is C29H42N12O. The Labute approximate surface area is 245 Å². The van der Waals surface area contributed by atoms with Crippen molar-refractivity contribution >= 4 is 22.9 Å². The molecule has 0 bridgehead atoms. The SMILES string of the molecule is CCCCNc1nc(N)c2[nH]c(=O)n(Cc3ccc(CN4CCC(c5nnc6n5CCN(C(C)C)C6)CC4)cn3)c2n1. The van der Waals surface area contributed by atoms with Crippen LogP contribution in [0.1, 0.15) is 75.3 Å². The molecule has 4 N–H and O–H groups in total. The number of hydrogen-bond acceptors (Lipinski definition) is 10. The van der Waals surface area contributed by atoms with E-state index in [1.54, 1.807) is 4.57 Å². The Hall–Kier alpha value is -3.84. The smallest absolute Gasteiger partial charge is 0.328 e. The molecule has 0 saturated carbocycles. The van der Waals surface area contributed by atoms with Crippen LogP contribution in [0, 0.1) is 0 Å². The molecule has 224 valence electrons. The second-order valence-electron chi connectivity index (χ2n) is 11.8. The fourth-order valence-corrected chi connectivity index (χ4v) is 6.01. The second kappa shape index (κ2) is 12.2. The molecule has 0 spiro atoms. The number of rotatable bonds is 10. The minimum absolute atomic E-state index is 0.253. The van der Waals surface area contributed by atoms with Crippen molar-refractivity contribution in [3.8, 4) is 0 Å². The van der Waals surface area contributed by atoms with Gasteiger partial charge in [-0.3, -0.25) is 19.4 Å². The van der Waals surface area contributed by atoms with E-state index in [4.69, 9.17) is 5.73 Å². The van der Waals surface area contributed by atoms with E-state index in [0.29, 0.717) is 35.6 Å². The van der Waals surface area contributed by atoms with E-state index in [1.807, 2.05) is 12.3 Å². The number of pyridine rings is 1. The Morgan fingerprint density at radius 3 is 2.67 bits per heavy atom. The molecule has 13 nitrogen and oxygen atoms in total. The maximum atomic E-state index is 12.7. The van der Waals surface area contributed by atoms with Gasteiger partial charge < -0.3 is 20.6 Å². The van der Waals surface area contributed by atoms with Gasteiger partial charge in [-0.2, -0.15) is 9.97 Å². The molecule has 0 radical (unpaired) electrons. The van der Waals surface area contributed by atoms with Crippen molar-refractivity contribution in [1.29, 1.82) is 0 Å². The molecule has 4 aromatic rings. The Balaban J connectivity index is 1.06. The molecule has 0 aromatic carbocycles. The zero-order valence-corrected chi connectivity index (χ0v) is 24.9. The molecule has 2 aliphatic heterocycles. The van der Waals surface area contributed by atoms with Gasteiger partial charge >= 0.3 is 5.69 Å². The predicted molar refractivity (Wildman–Crippen MR) is 162 cm³/mol. The fraction of sp³-hybridized carbons (Fsp3) is 0.586. The van der Waals surface area contributed by atoms with E-state index in [-0.39, 0.29) is 11.5 Å². The predicted octanol–water partition coefficient (Wildman–Crippen LogP) is 2.55. The van der Waals surface area contributed by atoms with Crippen LogP contribution in [0.4, 0.5) is 11.8 Å². The molecule has 0 unspecified atom stereocenters. The van der Waals surface area contributed by atoms with Gasteiger partial charge in [0.2, 0.25) is 5.95 Å². The van der Waals surface area contributed by atoms with Crippen LogP contribution >= 0.6 is 0 Å². The number of nitrogen functional groups attached to an aromatic ring is 1. The molecule has 13 heteroatoms. The summed E-state index contributed by atoms with van der Waals surface area (Å²) in [6.45, 7) is 13.5. The van der Waals surface area contributed by atoms with Gasteiger partial charge in [-0.05, 0) is 57.8 Å². The van der Waals surface area contributed by atoms with Crippen molar-refractivity contribution in [2.75, 3.05) is 37.2 Å². The highest BCUT2D eigenvalue weighted by molar-refractivity contribution is 5.82. The van der Waals surface area contributed by atoms with Crippen LogP contribution < -0.4 is 16.7 Å². The minimum Gasteiger partial charge on any atom is -0.382 e. The molecule has 0 atom stereocenters. The highest BCUT2D eigenvalue weighted by Crippen LogP contribution is 2.29. The molecule has 0 amide bonds. The van der Waals surface area contributed by atoms with Crippen LogP contribution in [0.25, 0.3) is 11.2 Å². The highest BCUT2D eigenvalue weighted by atomic mass is 16.1. The molecule has 2 aliphatic rings. The average Bonchev–Trinajstić information content (AvgIpc) is 3.55. The van der Waals surface area contributed by atoms with Crippen LogP contribution in [-0.2, 0) is 26.2 Å². The first-order valence-corrected chi connectivity index (χ1v) is 15.2. The van der Waals surface area contributed by atoms with E-state index in [1.165, 1.54) is 5.82 Å². The Kier molecular flexibility index (Phi) is 8.20. The van der Waals surface area contributed by atoms with Gasteiger partial charge in [0.25, 0.3) is 0 Å². The van der Waals surface area contributed by atoms with Gasteiger partial charge in [0.05, 0.1) is 18.8 Å². The van der Waals surface area contributed by atoms with Crippen molar-refractivity contribution in [1.82, 2.24) is 49.1 Å². The van der Waals surface area contributed by atoms with Crippen LogP contribution in [0.3, 0.4) is 0 Å². The number of nitrogens with two attached hydrogens (primary N) is 1. The summed E-state index contributed by atoms with van der Waals surface area (Å²) in [7, 11) is 0. The standard InChI is InChI=1S/C29H42N12O/c1-4-5-10-31-28-34-25(30)24-27(35-28)41(29(42)33-24)17-22-7-6-20(15-32-22)16-38-11-8-21(9-12-38)26-37-36-23-18-39(19(2)3)13-14-40(23)26/h6-7,15,19,21H,4-5,8-14,16-18H2,1-3H3,(H,33,42)(H3,30,31,34,35). The summed E-state index contributed by atoms with van der Waals surface area (Å²) in [6.07, 6.45) is 6.14. The van der Waals surface area contributed by atoms with E-state index in [0.717, 1.165) is 88.6 Å². The van der Waals surface area contributed by atoms with E-state index in [9.17, 15) is 4.79 Å². The van der Waals surface area contributed by atoms with Gasteiger partial charge in [-0.25, -0.2) is 4.79 Å². The third-order valence-corrected chi connectivity index (χ3v) is 8.57. The lowest BCUT2D eigenvalue weighted by Crippen LogP contribution is -2.39. The van der Waals surface area contributed by atoms with Crippen LogP contribution in [0.2, 0.25) is 0 Å². The van der Waals surface area contributed by atoms with Crippen LogP contribution in [0.5, 0.6) is 0 Å². The summed E-state index contributed by atoms with van der Waals surface area (Å²) in [5, 5.41) is 12.4. The first-order chi connectivity index (χ1) is 20.4. The minimum atomic E-state index is -0.281. The number of nitrogens with zero attached hydrogens (tertiary/aromatic N) is 9. The number of likely N-dealkylation sites (tertiary alicyclic amines) is 1. The summed E-state index contributed by atoms with van der Waals surface area (Å²) >= 11 is 0. The van der Waals surface area contributed by atoms with Crippen molar-refractivity contribution in [2.45, 2.75) is 84.6 Å². The first-order valence-electron chi connectivity index (χ1n) is 15.2. The number of fused-ring (bicyclic) bond motifs is 2. The number of unbranched alkanes of at least 4 members (excludes halogenated alkanes) is 1. The van der Waals surface area contributed by atoms with Crippen LogP contribution in [0.15, 0.2) is 23.1 Å². The summed E-state index contributed by atoms with van der Waals surface area (Å²) in [5.41, 5.74) is 8.71. The van der Waals surface area contributed by atoms with Crippen molar-refractivity contribution in [3.63, 3.8) is 0 Å². The molecule has 4 aromatic heterocycles. The molecule has 42 heavy (non-hydrogen) atoms. The zero-order valence-electron chi connectivity index (χ0n) is 24.9. The number of hydrogen-bond donors (Lipinski definition) is 3. The van der Waals surface area contributed by atoms with E-state index in [2.05, 4.69) is 76.7 Å². The van der Waals surface area contributed by atoms with Gasteiger partial charge in [0, 0.05) is 44.3 Å². The van der Waals surface area contributed by atoms with Gasteiger partial charge in [0.15, 0.2) is 11.5 Å².